The number of hydrogen-bond donors (Lipinski definition) is 1. The number of hydrogen-bond acceptors (Lipinski definition) is 3. The maximum atomic E-state index is 12.2. The van der Waals surface area contributed by atoms with Crippen molar-refractivity contribution < 1.29 is 8.42 Å². The van der Waals surface area contributed by atoms with Crippen LogP contribution in [0.4, 0.5) is 0 Å². The topological polar surface area (TPSA) is 49.4 Å². The molecule has 1 aromatic rings. The van der Waals surface area contributed by atoms with Gasteiger partial charge in [0.1, 0.15) is 0 Å². The van der Waals surface area contributed by atoms with Crippen LogP contribution in [0.3, 0.4) is 0 Å². The molecule has 1 heterocycles. The first kappa shape index (κ1) is 15.9. The van der Waals surface area contributed by atoms with Crippen LogP contribution in [0.25, 0.3) is 0 Å². The highest BCUT2D eigenvalue weighted by Crippen LogP contribution is 2.21. The molecule has 4 nitrogen and oxygen atoms in total. The third-order valence-corrected chi connectivity index (χ3v) is 5.95. The zero-order valence-electron chi connectivity index (χ0n) is 11.7. The first-order chi connectivity index (χ1) is 9.49. The standard InChI is InChI=1S/C14H21BrN2O2S/c1-12(11-17-8-4-5-9-17)10-16-20(18,19)14-7-3-2-6-13(14)15/h2-3,6-7,12,16H,4-5,8-11H2,1H3. The fraction of sp³-hybridized carbons (Fsp3) is 0.571. The molecule has 1 fully saturated rings. The summed E-state index contributed by atoms with van der Waals surface area (Å²) in [5, 5.41) is 0. The molecule has 0 aromatic heterocycles. The Morgan fingerprint density at radius 3 is 2.60 bits per heavy atom. The molecule has 1 aliphatic rings. The van der Waals surface area contributed by atoms with Gasteiger partial charge in [-0.3, -0.25) is 0 Å². The smallest absolute Gasteiger partial charge is 0.241 e. The van der Waals surface area contributed by atoms with Crippen molar-refractivity contribution in [3.63, 3.8) is 0 Å². The van der Waals surface area contributed by atoms with Crippen molar-refractivity contribution in [2.24, 2.45) is 5.92 Å². The van der Waals surface area contributed by atoms with E-state index in [1.54, 1.807) is 24.3 Å². The Bertz CT molecular complexity index is 542. The minimum Gasteiger partial charge on any atom is -0.303 e. The largest absolute Gasteiger partial charge is 0.303 e. The summed E-state index contributed by atoms with van der Waals surface area (Å²) in [4.78, 5) is 2.70. The average Bonchev–Trinajstić information content (AvgIpc) is 2.90. The van der Waals surface area contributed by atoms with Crippen molar-refractivity contribution in [1.82, 2.24) is 9.62 Å². The first-order valence-electron chi connectivity index (χ1n) is 6.95. The Morgan fingerprint density at radius 1 is 1.30 bits per heavy atom. The van der Waals surface area contributed by atoms with Crippen LogP contribution in [0.5, 0.6) is 0 Å². The van der Waals surface area contributed by atoms with E-state index in [4.69, 9.17) is 0 Å². The first-order valence-corrected chi connectivity index (χ1v) is 9.23. The lowest BCUT2D eigenvalue weighted by Gasteiger charge is -2.20. The van der Waals surface area contributed by atoms with Gasteiger partial charge in [-0.1, -0.05) is 19.1 Å². The van der Waals surface area contributed by atoms with Crippen LogP contribution >= 0.6 is 15.9 Å². The van der Waals surface area contributed by atoms with Crippen LogP contribution in [0.1, 0.15) is 19.8 Å². The highest BCUT2D eigenvalue weighted by Gasteiger charge is 2.19. The molecule has 0 spiro atoms. The second kappa shape index (κ2) is 7.02. The summed E-state index contributed by atoms with van der Waals surface area (Å²) in [6, 6.07) is 6.88. The third kappa shape index (κ3) is 4.28. The van der Waals surface area contributed by atoms with Crippen molar-refractivity contribution in [3.8, 4) is 0 Å². The quantitative estimate of drug-likeness (QED) is 0.847. The van der Waals surface area contributed by atoms with Gasteiger partial charge in [-0.15, -0.1) is 0 Å². The van der Waals surface area contributed by atoms with Gasteiger partial charge in [0, 0.05) is 17.6 Å². The van der Waals surface area contributed by atoms with Crippen LogP contribution in [-0.4, -0.2) is 39.5 Å². The Kier molecular flexibility index (Phi) is 5.60. The van der Waals surface area contributed by atoms with Gasteiger partial charge >= 0.3 is 0 Å². The van der Waals surface area contributed by atoms with Gasteiger partial charge in [-0.25, -0.2) is 13.1 Å². The summed E-state index contributed by atoms with van der Waals surface area (Å²) in [6.45, 7) is 5.79. The molecule has 1 unspecified atom stereocenters. The number of rotatable bonds is 6. The van der Waals surface area contributed by atoms with E-state index in [0.29, 0.717) is 21.8 Å². The lowest BCUT2D eigenvalue weighted by atomic mass is 10.2. The SMILES string of the molecule is CC(CNS(=O)(=O)c1ccccc1Br)CN1CCCC1. The van der Waals surface area contributed by atoms with Gasteiger partial charge in [-0.05, 0) is 59.9 Å². The minimum absolute atomic E-state index is 0.299. The van der Waals surface area contributed by atoms with E-state index in [9.17, 15) is 8.42 Å². The Balaban J connectivity index is 1.90. The summed E-state index contributed by atoms with van der Waals surface area (Å²) >= 11 is 3.28. The minimum atomic E-state index is -3.44. The van der Waals surface area contributed by atoms with E-state index in [-0.39, 0.29) is 0 Å². The maximum Gasteiger partial charge on any atom is 0.241 e. The van der Waals surface area contributed by atoms with Crippen molar-refractivity contribution in [1.29, 1.82) is 0 Å². The molecule has 1 atom stereocenters. The predicted molar refractivity (Wildman–Crippen MR) is 84.2 cm³/mol. The predicted octanol–water partition coefficient (Wildman–Crippen LogP) is 2.46. The van der Waals surface area contributed by atoms with E-state index < -0.39 is 10.0 Å². The number of nitrogens with one attached hydrogen (secondary N) is 1. The van der Waals surface area contributed by atoms with Crippen molar-refractivity contribution in [2.45, 2.75) is 24.7 Å². The molecule has 0 aliphatic carbocycles. The molecular weight excluding hydrogens is 340 g/mol. The molecule has 1 saturated heterocycles. The highest BCUT2D eigenvalue weighted by molar-refractivity contribution is 9.10. The van der Waals surface area contributed by atoms with Crippen LogP contribution in [0.2, 0.25) is 0 Å². The molecule has 0 amide bonds. The van der Waals surface area contributed by atoms with Gasteiger partial charge in [-0.2, -0.15) is 0 Å². The maximum absolute atomic E-state index is 12.2. The number of benzene rings is 1. The van der Waals surface area contributed by atoms with E-state index in [0.717, 1.165) is 19.6 Å². The van der Waals surface area contributed by atoms with Gasteiger partial charge in [0.15, 0.2) is 0 Å². The zero-order valence-corrected chi connectivity index (χ0v) is 14.1. The molecule has 20 heavy (non-hydrogen) atoms. The van der Waals surface area contributed by atoms with Crippen LogP contribution in [0.15, 0.2) is 33.6 Å². The van der Waals surface area contributed by atoms with Crippen LogP contribution < -0.4 is 4.72 Å². The summed E-state index contributed by atoms with van der Waals surface area (Å²) in [5.74, 6) is 0.311. The molecule has 0 bridgehead atoms. The van der Waals surface area contributed by atoms with E-state index in [1.165, 1.54) is 12.8 Å². The number of nitrogens with zero attached hydrogens (tertiary/aromatic N) is 1. The molecule has 0 saturated carbocycles. The lowest BCUT2D eigenvalue weighted by molar-refractivity contribution is 0.288. The van der Waals surface area contributed by atoms with Gasteiger partial charge in [0.25, 0.3) is 0 Å². The number of likely N-dealkylation sites (tertiary alicyclic amines) is 1. The molecule has 112 valence electrons. The van der Waals surface area contributed by atoms with Crippen molar-refractivity contribution in [3.05, 3.63) is 28.7 Å². The van der Waals surface area contributed by atoms with Crippen LogP contribution in [-0.2, 0) is 10.0 Å². The Morgan fingerprint density at radius 2 is 1.95 bits per heavy atom. The summed E-state index contributed by atoms with van der Waals surface area (Å²) in [5.41, 5.74) is 0. The summed E-state index contributed by atoms with van der Waals surface area (Å²) in [6.07, 6.45) is 2.52. The number of halogens is 1. The molecular formula is C14H21BrN2O2S. The second-order valence-corrected chi connectivity index (χ2v) is 7.98. The molecule has 2 rings (SSSR count). The average molecular weight is 361 g/mol. The molecule has 1 aliphatic heterocycles. The van der Waals surface area contributed by atoms with E-state index >= 15 is 0 Å². The Labute approximate surface area is 129 Å². The van der Waals surface area contributed by atoms with Gasteiger partial charge in [0.2, 0.25) is 10.0 Å². The molecule has 6 heteroatoms. The van der Waals surface area contributed by atoms with E-state index in [1.807, 2.05) is 0 Å². The highest BCUT2D eigenvalue weighted by atomic mass is 79.9. The lowest BCUT2D eigenvalue weighted by Crippen LogP contribution is -2.34. The fourth-order valence-electron chi connectivity index (χ4n) is 2.46. The van der Waals surface area contributed by atoms with Crippen molar-refractivity contribution >= 4 is 26.0 Å². The normalized spacial score (nSPS) is 18.3. The fourth-order valence-corrected chi connectivity index (χ4v) is 4.63. The van der Waals surface area contributed by atoms with E-state index in [2.05, 4.69) is 32.5 Å². The van der Waals surface area contributed by atoms with Crippen molar-refractivity contribution in [2.75, 3.05) is 26.2 Å². The monoisotopic (exact) mass is 360 g/mol. The molecule has 0 radical (unpaired) electrons. The molecule has 1 N–H and O–H groups in total. The third-order valence-electron chi connectivity index (χ3n) is 3.52. The van der Waals surface area contributed by atoms with Gasteiger partial charge < -0.3 is 4.90 Å². The Hall–Kier alpha value is -0.430. The van der Waals surface area contributed by atoms with Crippen LogP contribution in [0, 0.1) is 5.92 Å². The molecule has 1 aromatic carbocycles. The zero-order chi connectivity index (χ0) is 14.6. The number of sulfonamides is 1. The summed E-state index contributed by atoms with van der Waals surface area (Å²) < 4.78 is 27.8. The second-order valence-electron chi connectivity index (χ2n) is 5.40. The summed E-state index contributed by atoms with van der Waals surface area (Å²) in [7, 11) is -3.44. The van der Waals surface area contributed by atoms with Gasteiger partial charge in [0.05, 0.1) is 4.90 Å².